The highest BCUT2D eigenvalue weighted by Gasteiger charge is 2.32. The van der Waals surface area contributed by atoms with Gasteiger partial charge in [-0.2, -0.15) is 0 Å². The van der Waals surface area contributed by atoms with Crippen molar-refractivity contribution in [3.63, 3.8) is 0 Å². The van der Waals surface area contributed by atoms with E-state index in [1.54, 1.807) is 12.3 Å². The minimum Gasteiger partial charge on any atom is -0.378 e. The molecule has 0 aromatic carbocycles. The average molecular weight is 320 g/mol. The normalized spacial score (nSPS) is 22.0. The lowest BCUT2D eigenvalue weighted by atomic mass is 9.96. The fourth-order valence-corrected chi connectivity index (χ4v) is 3.19. The largest absolute Gasteiger partial charge is 0.378 e. The van der Waals surface area contributed by atoms with Crippen molar-refractivity contribution in [1.82, 2.24) is 9.88 Å². The summed E-state index contributed by atoms with van der Waals surface area (Å²) in [6.07, 6.45) is 3.19. The summed E-state index contributed by atoms with van der Waals surface area (Å²) in [5.41, 5.74) is -0.00743. The number of rotatable bonds is 3. The number of anilines is 1. The zero-order chi connectivity index (χ0) is 16.2. The highest BCUT2D eigenvalue weighted by atomic mass is 16.6. The predicted octanol–water partition coefficient (Wildman–Crippen LogP) is 1.07. The number of piperidine rings is 1. The Morgan fingerprint density at radius 1 is 1.35 bits per heavy atom. The van der Waals surface area contributed by atoms with Gasteiger partial charge in [-0.15, -0.1) is 0 Å². The van der Waals surface area contributed by atoms with Crippen LogP contribution in [0.1, 0.15) is 12.8 Å². The molecule has 23 heavy (non-hydrogen) atoms. The molecule has 1 aromatic rings. The van der Waals surface area contributed by atoms with Gasteiger partial charge in [0.2, 0.25) is 11.7 Å². The summed E-state index contributed by atoms with van der Waals surface area (Å²) in [5.74, 6) is 0.344. The first-order valence-corrected chi connectivity index (χ1v) is 7.87. The van der Waals surface area contributed by atoms with Crippen LogP contribution in [0.25, 0.3) is 0 Å². The molecular formula is C15H20N4O4. The highest BCUT2D eigenvalue weighted by molar-refractivity contribution is 5.80. The van der Waals surface area contributed by atoms with Crippen LogP contribution in [-0.4, -0.2) is 60.1 Å². The topological polar surface area (TPSA) is 88.8 Å². The molecule has 2 aliphatic heterocycles. The molecule has 2 aliphatic rings. The van der Waals surface area contributed by atoms with Gasteiger partial charge in [0.05, 0.1) is 24.1 Å². The number of hydrogen-bond acceptors (Lipinski definition) is 6. The summed E-state index contributed by atoms with van der Waals surface area (Å²) < 4.78 is 5.28. The Morgan fingerprint density at radius 3 is 2.87 bits per heavy atom. The molecule has 0 saturated carbocycles. The van der Waals surface area contributed by atoms with E-state index in [0.717, 1.165) is 12.8 Å². The van der Waals surface area contributed by atoms with Gasteiger partial charge in [-0.05, 0) is 18.9 Å². The molecule has 0 unspecified atom stereocenters. The van der Waals surface area contributed by atoms with Gasteiger partial charge in [-0.1, -0.05) is 0 Å². The van der Waals surface area contributed by atoms with Crippen molar-refractivity contribution in [2.24, 2.45) is 5.92 Å². The van der Waals surface area contributed by atoms with Gasteiger partial charge < -0.3 is 14.5 Å². The maximum atomic E-state index is 12.6. The van der Waals surface area contributed by atoms with E-state index in [2.05, 4.69) is 4.98 Å². The lowest BCUT2D eigenvalue weighted by Crippen LogP contribution is -2.48. The van der Waals surface area contributed by atoms with Crippen LogP contribution >= 0.6 is 0 Å². The first-order chi connectivity index (χ1) is 11.2. The monoisotopic (exact) mass is 320 g/mol. The molecule has 1 aromatic heterocycles. The van der Waals surface area contributed by atoms with Crippen LogP contribution in [0.5, 0.6) is 0 Å². The van der Waals surface area contributed by atoms with Crippen LogP contribution in [0.15, 0.2) is 18.3 Å². The molecule has 8 heteroatoms. The van der Waals surface area contributed by atoms with Crippen LogP contribution < -0.4 is 4.90 Å². The van der Waals surface area contributed by atoms with Gasteiger partial charge >= 0.3 is 5.69 Å². The molecule has 124 valence electrons. The molecule has 0 N–H and O–H groups in total. The SMILES string of the molecule is O=C([C@H]1CCCN(c2ncccc2[N+](=O)[O-])C1)N1CCOCC1. The first-order valence-electron chi connectivity index (χ1n) is 7.87. The van der Waals surface area contributed by atoms with Crippen LogP contribution in [0.4, 0.5) is 11.5 Å². The number of ether oxygens (including phenoxy) is 1. The van der Waals surface area contributed by atoms with E-state index in [1.807, 2.05) is 9.80 Å². The Hall–Kier alpha value is -2.22. The van der Waals surface area contributed by atoms with E-state index in [4.69, 9.17) is 4.74 Å². The second-order valence-electron chi connectivity index (χ2n) is 5.83. The molecule has 1 amide bonds. The molecule has 3 rings (SSSR count). The fraction of sp³-hybridized carbons (Fsp3) is 0.600. The van der Waals surface area contributed by atoms with Crippen molar-refractivity contribution >= 4 is 17.4 Å². The van der Waals surface area contributed by atoms with Crippen molar-refractivity contribution < 1.29 is 14.5 Å². The molecule has 2 saturated heterocycles. The Labute approximate surface area is 134 Å². The number of nitrogens with zero attached hydrogens (tertiary/aromatic N) is 4. The molecule has 1 atom stereocenters. The molecule has 0 radical (unpaired) electrons. The summed E-state index contributed by atoms with van der Waals surface area (Å²) in [4.78, 5) is 31.3. The van der Waals surface area contributed by atoms with Gasteiger partial charge in [0.15, 0.2) is 0 Å². The second-order valence-corrected chi connectivity index (χ2v) is 5.83. The van der Waals surface area contributed by atoms with Crippen molar-refractivity contribution in [3.05, 3.63) is 28.4 Å². The van der Waals surface area contributed by atoms with E-state index < -0.39 is 4.92 Å². The van der Waals surface area contributed by atoms with E-state index in [0.29, 0.717) is 45.2 Å². The summed E-state index contributed by atoms with van der Waals surface area (Å²) in [5, 5.41) is 11.2. The zero-order valence-electron chi connectivity index (χ0n) is 12.9. The van der Waals surface area contributed by atoms with Crippen LogP contribution in [-0.2, 0) is 9.53 Å². The van der Waals surface area contributed by atoms with Crippen LogP contribution in [0, 0.1) is 16.0 Å². The van der Waals surface area contributed by atoms with Gasteiger partial charge in [0.1, 0.15) is 0 Å². The minimum atomic E-state index is -0.421. The fourth-order valence-electron chi connectivity index (χ4n) is 3.19. The third-order valence-electron chi connectivity index (χ3n) is 4.36. The van der Waals surface area contributed by atoms with E-state index in [1.165, 1.54) is 6.07 Å². The van der Waals surface area contributed by atoms with Crippen molar-refractivity contribution in [2.45, 2.75) is 12.8 Å². The lowest BCUT2D eigenvalue weighted by molar-refractivity contribution is -0.384. The Bertz CT molecular complexity index is 589. The van der Waals surface area contributed by atoms with Gasteiger partial charge in [-0.25, -0.2) is 4.98 Å². The molecule has 0 bridgehead atoms. The van der Waals surface area contributed by atoms with Gasteiger partial charge in [-0.3, -0.25) is 14.9 Å². The molecule has 0 spiro atoms. The average Bonchev–Trinajstić information content (AvgIpc) is 2.62. The zero-order valence-corrected chi connectivity index (χ0v) is 12.9. The van der Waals surface area contributed by atoms with E-state index in [-0.39, 0.29) is 17.5 Å². The summed E-state index contributed by atoms with van der Waals surface area (Å²) in [6.45, 7) is 3.57. The smallest absolute Gasteiger partial charge is 0.311 e. The van der Waals surface area contributed by atoms with Gasteiger partial charge in [0, 0.05) is 38.4 Å². The maximum Gasteiger partial charge on any atom is 0.311 e. The molecule has 2 fully saturated rings. The van der Waals surface area contributed by atoms with Crippen molar-refractivity contribution in [1.29, 1.82) is 0 Å². The number of carbonyl (C=O) groups excluding carboxylic acids is 1. The molecular weight excluding hydrogens is 300 g/mol. The standard InChI is InChI=1S/C15H20N4O4/c20-15(17-7-9-23-10-8-17)12-3-2-6-18(11-12)14-13(19(21)22)4-1-5-16-14/h1,4-5,12H,2-3,6-11H2/t12-/m0/s1. The quantitative estimate of drug-likeness (QED) is 0.611. The molecule has 8 nitrogen and oxygen atoms in total. The van der Waals surface area contributed by atoms with E-state index in [9.17, 15) is 14.9 Å². The summed E-state index contributed by atoms with van der Waals surface area (Å²) in [6, 6.07) is 3.01. The predicted molar refractivity (Wildman–Crippen MR) is 83.2 cm³/mol. The third kappa shape index (κ3) is 3.42. The summed E-state index contributed by atoms with van der Waals surface area (Å²) in [7, 11) is 0. The third-order valence-corrected chi connectivity index (χ3v) is 4.36. The van der Waals surface area contributed by atoms with Crippen LogP contribution in [0.2, 0.25) is 0 Å². The Kier molecular flexibility index (Phi) is 4.71. The number of hydrogen-bond donors (Lipinski definition) is 0. The Balaban J connectivity index is 1.73. The van der Waals surface area contributed by atoms with Crippen molar-refractivity contribution in [2.75, 3.05) is 44.3 Å². The molecule has 0 aliphatic carbocycles. The first kappa shape index (κ1) is 15.7. The molecule has 3 heterocycles. The van der Waals surface area contributed by atoms with Crippen LogP contribution in [0.3, 0.4) is 0 Å². The second kappa shape index (κ2) is 6.91. The van der Waals surface area contributed by atoms with Crippen molar-refractivity contribution in [3.8, 4) is 0 Å². The number of morpholine rings is 1. The lowest BCUT2D eigenvalue weighted by Gasteiger charge is -2.36. The number of pyridine rings is 1. The number of nitro groups is 1. The number of aromatic nitrogens is 1. The number of amides is 1. The number of carbonyl (C=O) groups is 1. The summed E-state index contributed by atoms with van der Waals surface area (Å²) >= 11 is 0. The van der Waals surface area contributed by atoms with Gasteiger partial charge in [0.25, 0.3) is 0 Å². The Morgan fingerprint density at radius 2 is 2.13 bits per heavy atom. The maximum absolute atomic E-state index is 12.6. The van der Waals surface area contributed by atoms with E-state index >= 15 is 0 Å². The minimum absolute atomic E-state index is 0.00743. The highest BCUT2D eigenvalue weighted by Crippen LogP contribution is 2.29.